The van der Waals surface area contributed by atoms with Crippen LogP contribution in [0, 0.1) is 29.6 Å². The average Bonchev–Trinajstić information content (AvgIpc) is 3.59. The summed E-state index contributed by atoms with van der Waals surface area (Å²) in [5, 5.41) is 0. The zero-order valence-corrected chi connectivity index (χ0v) is 21.5. The number of rotatable bonds is 3. The Kier molecular flexibility index (Phi) is 19.2. The molecule has 0 aromatic heterocycles. The normalized spacial score (nSPS) is 26.6. The van der Waals surface area contributed by atoms with E-state index in [1.165, 1.54) is 39.0 Å². The predicted molar refractivity (Wildman–Crippen MR) is 125 cm³/mol. The van der Waals surface area contributed by atoms with Gasteiger partial charge < -0.3 is 0 Å². The molecule has 4 rings (SSSR count). The second kappa shape index (κ2) is 18.1. The molecule has 3 atom stereocenters. The fourth-order valence-electron chi connectivity index (χ4n) is 2.12. The van der Waals surface area contributed by atoms with Crippen molar-refractivity contribution in [2.45, 2.75) is 138 Å². The molecule has 3 unspecified atom stereocenters. The molecule has 4 aliphatic rings. The monoisotopic (exact) mass is 458 g/mol. The molecule has 0 amide bonds. The highest BCUT2D eigenvalue weighted by atomic mass is 19.3. The second-order valence-corrected chi connectivity index (χ2v) is 10.2. The van der Waals surface area contributed by atoms with Crippen molar-refractivity contribution >= 4 is 0 Å². The Morgan fingerprint density at radius 3 is 1.16 bits per heavy atom. The van der Waals surface area contributed by atoms with E-state index in [9.17, 15) is 22.0 Å². The van der Waals surface area contributed by atoms with Gasteiger partial charge in [-0.2, -0.15) is 0 Å². The highest BCUT2D eigenvalue weighted by molar-refractivity contribution is 4.93. The van der Waals surface area contributed by atoms with Crippen LogP contribution < -0.4 is 0 Å². The second-order valence-electron chi connectivity index (χ2n) is 10.2. The van der Waals surface area contributed by atoms with Crippen molar-refractivity contribution in [1.29, 1.82) is 0 Å². The molecule has 4 fully saturated rings. The quantitative estimate of drug-likeness (QED) is 0.369. The van der Waals surface area contributed by atoms with E-state index in [0.717, 1.165) is 30.6 Å². The molecule has 4 aliphatic carbocycles. The topological polar surface area (TPSA) is 0 Å². The van der Waals surface area contributed by atoms with Crippen molar-refractivity contribution in [3.63, 3.8) is 0 Å². The lowest BCUT2D eigenvalue weighted by Gasteiger charge is -2.18. The maximum absolute atomic E-state index is 11.8. The van der Waals surface area contributed by atoms with Gasteiger partial charge in [-0.05, 0) is 36.5 Å². The molecule has 31 heavy (non-hydrogen) atoms. The van der Waals surface area contributed by atoms with Crippen LogP contribution in [0.15, 0.2) is 0 Å². The summed E-state index contributed by atoms with van der Waals surface area (Å²) in [5.41, 5.74) is 0. The first-order valence-electron chi connectivity index (χ1n) is 12.6. The molecule has 0 saturated heterocycles. The van der Waals surface area contributed by atoms with E-state index in [1.807, 2.05) is 6.92 Å². The Hall–Kier alpha value is -0.350. The molecule has 0 aromatic rings. The van der Waals surface area contributed by atoms with Crippen LogP contribution in [0.1, 0.15) is 120 Å². The molecular weight excluding hydrogens is 407 g/mol. The fourth-order valence-corrected chi connectivity index (χ4v) is 2.12. The third-order valence-corrected chi connectivity index (χ3v) is 5.38. The zero-order chi connectivity index (χ0) is 24.6. The molecule has 0 spiro atoms. The first-order valence-corrected chi connectivity index (χ1v) is 12.6. The molecule has 0 radical (unpaired) electrons. The fraction of sp³-hybridized carbons (Fsp3) is 1.00. The minimum absolute atomic E-state index is 0.0278. The lowest BCUT2D eigenvalue weighted by atomic mass is 9.88. The molecule has 0 nitrogen and oxygen atoms in total. The molecule has 0 aromatic carbocycles. The van der Waals surface area contributed by atoms with Crippen LogP contribution in [-0.4, -0.2) is 18.5 Å². The van der Waals surface area contributed by atoms with Crippen LogP contribution in [0.2, 0.25) is 0 Å². The predicted octanol–water partition coefficient (Wildman–Crippen LogP) is 10.4. The van der Waals surface area contributed by atoms with Crippen molar-refractivity contribution in [2.75, 3.05) is 0 Å². The number of alkyl halides is 5. The van der Waals surface area contributed by atoms with Gasteiger partial charge in [-0.1, -0.05) is 93.9 Å². The van der Waals surface area contributed by atoms with Gasteiger partial charge >= 0.3 is 0 Å². The summed E-state index contributed by atoms with van der Waals surface area (Å²) in [6, 6.07) is 0. The van der Waals surface area contributed by atoms with E-state index in [4.69, 9.17) is 0 Å². The van der Waals surface area contributed by atoms with E-state index in [-0.39, 0.29) is 18.8 Å². The molecule has 0 aliphatic heterocycles. The van der Waals surface area contributed by atoms with Crippen LogP contribution in [0.5, 0.6) is 0 Å². The summed E-state index contributed by atoms with van der Waals surface area (Å²) in [4.78, 5) is 0. The molecule has 190 valence electrons. The maximum Gasteiger partial charge on any atom is 0.251 e. The van der Waals surface area contributed by atoms with E-state index in [0.29, 0.717) is 12.3 Å². The first-order chi connectivity index (χ1) is 14.3. The Labute approximate surface area is 190 Å². The third-order valence-electron chi connectivity index (χ3n) is 5.38. The smallest absolute Gasteiger partial charge is 0.247 e. The van der Waals surface area contributed by atoms with Gasteiger partial charge in [-0.15, -0.1) is 0 Å². The Bertz CT molecular complexity index is 381. The number of halogens is 5. The standard InChI is InChI=1S/C5H8F2.C5H9F.C5H10.C4H8.C4H10.C3H6F2/c1-2-4-3-5(4,6)7;1-2-4-3-5(4)6;1-5-3-2-4-5;1-4-2-3-4;1-4(2)3;1-2-3(4)5/h4H,2-3H2,1H3;4-5H,2-3H2,1H3;5H,2-4H2,1H3;4H,2-3H2,1H3;4H,1-3H3;3H,2H2,1H3. The van der Waals surface area contributed by atoms with Crippen LogP contribution in [0.4, 0.5) is 22.0 Å². The van der Waals surface area contributed by atoms with Gasteiger partial charge in [0.15, 0.2) is 0 Å². The highest BCUT2D eigenvalue weighted by Gasteiger charge is 2.55. The maximum atomic E-state index is 11.8. The van der Waals surface area contributed by atoms with Crippen LogP contribution in [0.3, 0.4) is 0 Å². The summed E-state index contributed by atoms with van der Waals surface area (Å²) in [6.45, 7) is 16.4. The van der Waals surface area contributed by atoms with Crippen molar-refractivity contribution < 1.29 is 22.0 Å². The Balaban J connectivity index is 0. The van der Waals surface area contributed by atoms with Gasteiger partial charge in [0.05, 0.1) is 0 Å². The summed E-state index contributed by atoms with van der Waals surface area (Å²) >= 11 is 0. The van der Waals surface area contributed by atoms with Gasteiger partial charge in [-0.3, -0.25) is 0 Å². The van der Waals surface area contributed by atoms with E-state index in [1.54, 1.807) is 6.92 Å². The van der Waals surface area contributed by atoms with Crippen molar-refractivity contribution in [3.8, 4) is 0 Å². The molecular formula is C26H51F5. The summed E-state index contributed by atoms with van der Waals surface area (Å²) in [6.07, 6.45) is 7.47. The molecule has 0 bridgehead atoms. The summed E-state index contributed by atoms with van der Waals surface area (Å²) < 4.78 is 56.9. The Morgan fingerprint density at radius 2 is 1.16 bits per heavy atom. The minimum atomic E-state index is -2.28. The van der Waals surface area contributed by atoms with Gasteiger partial charge in [0.25, 0.3) is 5.92 Å². The molecule has 0 heterocycles. The SMILES string of the molecule is CC(C)C.CC1CC1.CC1CCC1.CCC(F)F.CCC1CC1(F)F.CCC1CC1F. The number of hydrogen-bond donors (Lipinski definition) is 0. The van der Waals surface area contributed by atoms with E-state index in [2.05, 4.69) is 34.6 Å². The van der Waals surface area contributed by atoms with Gasteiger partial charge in [0.2, 0.25) is 6.43 Å². The zero-order valence-electron chi connectivity index (χ0n) is 21.5. The van der Waals surface area contributed by atoms with E-state index < -0.39 is 18.5 Å². The number of hydrogen-bond acceptors (Lipinski definition) is 0. The van der Waals surface area contributed by atoms with Crippen molar-refractivity contribution in [3.05, 3.63) is 0 Å². The summed E-state index contributed by atoms with van der Waals surface area (Å²) in [5.74, 6) is 0.849. The van der Waals surface area contributed by atoms with Crippen molar-refractivity contribution in [1.82, 2.24) is 0 Å². The minimum Gasteiger partial charge on any atom is -0.247 e. The average molecular weight is 459 g/mol. The molecule has 0 N–H and O–H groups in total. The lowest BCUT2D eigenvalue weighted by molar-refractivity contribution is 0.0981. The summed E-state index contributed by atoms with van der Waals surface area (Å²) in [7, 11) is 0. The first kappa shape index (κ1) is 32.8. The molecule has 5 heteroatoms. The largest absolute Gasteiger partial charge is 0.251 e. The Morgan fingerprint density at radius 1 is 0.839 bits per heavy atom. The van der Waals surface area contributed by atoms with Crippen molar-refractivity contribution in [2.24, 2.45) is 29.6 Å². The van der Waals surface area contributed by atoms with E-state index >= 15 is 0 Å². The van der Waals surface area contributed by atoms with Gasteiger partial charge in [0.1, 0.15) is 6.17 Å². The lowest BCUT2D eigenvalue weighted by Crippen LogP contribution is -2.04. The van der Waals surface area contributed by atoms with Crippen LogP contribution in [0.25, 0.3) is 0 Å². The van der Waals surface area contributed by atoms with Crippen LogP contribution >= 0.6 is 0 Å². The van der Waals surface area contributed by atoms with Crippen LogP contribution in [-0.2, 0) is 0 Å². The van der Waals surface area contributed by atoms with Gasteiger partial charge in [0, 0.05) is 18.8 Å². The molecule has 4 saturated carbocycles. The third kappa shape index (κ3) is 25.8. The highest BCUT2D eigenvalue weighted by Crippen LogP contribution is 2.50. The van der Waals surface area contributed by atoms with Gasteiger partial charge in [-0.25, -0.2) is 22.0 Å².